The number of aromatic nitrogens is 5. The van der Waals surface area contributed by atoms with Crippen LogP contribution in [0.4, 0.5) is 0 Å². The molecule has 1 aromatic carbocycles. The molecule has 0 aliphatic carbocycles. The molecule has 3 heterocycles. The Bertz CT molecular complexity index is 1180. The minimum atomic E-state index is 0.0163. The monoisotopic (exact) mass is 408 g/mol. The van der Waals surface area contributed by atoms with Crippen LogP contribution in [0.5, 0.6) is 0 Å². The Morgan fingerprint density at radius 2 is 2.00 bits per heavy atom. The molecule has 8 heteroatoms. The number of nitrogens with one attached hydrogen (secondary N) is 1. The molecule has 7 nitrogen and oxygen atoms in total. The number of unbranched alkanes of at least 4 members (excludes halogenated alkanes) is 1. The molecule has 0 aliphatic rings. The lowest BCUT2D eigenvalue weighted by atomic mass is 10.0. The molecule has 0 saturated carbocycles. The third-order valence-electron chi connectivity index (χ3n) is 4.97. The van der Waals surface area contributed by atoms with Gasteiger partial charge in [0.2, 0.25) is 5.91 Å². The maximum Gasteiger partial charge on any atom is 0.230 e. The first kappa shape index (κ1) is 19.4. The van der Waals surface area contributed by atoms with Crippen LogP contribution in [0, 0.1) is 13.8 Å². The van der Waals surface area contributed by atoms with Gasteiger partial charge in [0, 0.05) is 24.5 Å². The highest BCUT2D eigenvalue weighted by Crippen LogP contribution is 2.25. The van der Waals surface area contributed by atoms with E-state index in [1.165, 1.54) is 22.9 Å². The number of carbonyl (C=O) groups is 1. The van der Waals surface area contributed by atoms with Crippen LogP contribution in [-0.4, -0.2) is 42.4 Å². The van der Waals surface area contributed by atoms with Crippen molar-refractivity contribution in [2.75, 3.05) is 12.3 Å². The minimum absolute atomic E-state index is 0.0163. The second kappa shape index (κ2) is 8.24. The van der Waals surface area contributed by atoms with Gasteiger partial charge in [-0.15, -0.1) is 10.2 Å². The first-order valence-corrected chi connectivity index (χ1v) is 10.8. The Labute approximate surface area is 173 Å². The van der Waals surface area contributed by atoms with E-state index in [1.54, 1.807) is 0 Å². The van der Waals surface area contributed by atoms with E-state index in [-0.39, 0.29) is 5.91 Å². The lowest BCUT2D eigenvalue weighted by Gasteiger charge is -2.03. The Hall–Kier alpha value is -2.87. The Morgan fingerprint density at radius 1 is 1.14 bits per heavy atom. The molecule has 0 spiro atoms. The fourth-order valence-corrected chi connectivity index (χ4v) is 3.86. The number of aryl methyl sites for hydroxylation is 2. The molecule has 4 aromatic rings. The van der Waals surface area contributed by atoms with Gasteiger partial charge in [0.1, 0.15) is 5.52 Å². The number of benzene rings is 1. The summed E-state index contributed by atoms with van der Waals surface area (Å²) < 4.78 is 3.73. The predicted octanol–water partition coefficient (Wildman–Crippen LogP) is 3.67. The zero-order valence-electron chi connectivity index (χ0n) is 16.8. The molecule has 0 aliphatic heterocycles. The normalized spacial score (nSPS) is 11.4. The third-order valence-corrected chi connectivity index (χ3v) is 5.92. The third kappa shape index (κ3) is 3.98. The molecule has 3 aromatic heterocycles. The van der Waals surface area contributed by atoms with Crippen molar-refractivity contribution in [2.45, 2.75) is 38.8 Å². The topological polar surface area (TPSA) is 76.6 Å². The van der Waals surface area contributed by atoms with Gasteiger partial charge in [-0.05, 0) is 43.5 Å². The Kier molecular flexibility index (Phi) is 5.53. The number of rotatable bonds is 7. The Balaban J connectivity index is 1.59. The number of hydrogen-bond acceptors (Lipinski definition) is 5. The molecule has 4 rings (SSSR count). The van der Waals surface area contributed by atoms with Gasteiger partial charge in [0.05, 0.1) is 11.4 Å². The van der Waals surface area contributed by atoms with Crippen LogP contribution in [0.25, 0.3) is 22.4 Å². The van der Waals surface area contributed by atoms with Gasteiger partial charge in [0.25, 0.3) is 0 Å². The summed E-state index contributed by atoms with van der Waals surface area (Å²) in [6.07, 6.45) is 5.83. The average molecular weight is 409 g/mol. The molecule has 1 amide bonds. The summed E-state index contributed by atoms with van der Waals surface area (Å²) in [6, 6.07) is 8.38. The van der Waals surface area contributed by atoms with Crippen LogP contribution in [0.3, 0.4) is 0 Å². The fourth-order valence-electron chi connectivity index (χ4n) is 3.12. The smallest absolute Gasteiger partial charge is 0.230 e. The second-order valence-electron chi connectivity index (χ2n) is 7.12. The molecule has 150 valence electrons. The number of amides is 1. The van der Waals surface area contributed by atoms with Crippen molar-refractivity contribution >= 4 is 28.8 Å². The average Bonchev–Trinajstić information content (AvgIpc) is 3.32. The fraction of sp³-hybridized carbons (Fsp3) is 0.333. The number of thioether (sulfide) groups is 1. The molecular weight excluding hydrogens is 384 g/mol. The first-order chi connectivity index (χ1) is 14.1. The molecular formula is C21H24N6OS. The van der Waals surface area contributed by atoms with Crippen molar-refractivity contribution in [1.29, 1.82) is 0 Å². The quantitative estimate of drug-likeness (QED) is 0.373. The van der Waals surface area contributed by atoms with Gasteiger partial charge in [-0.1, -0.05) is 37.2 Å². The lowest BCUT2D eigenvalue weighted by Crippen LogP contribution is -2.26. The predicted molar refractivity (Wildman–Crippen MR) is 115 cm³/mol. The van der Waals surface area contributed by atoms with Crippen molar-refractivity contribution in [3.63, 3.8) is 0 Å². The standard InChI is InChI=1S/C21H24N6OS/c1-4-5-8-22-19(28)13-29-21-24-23-20-18-12-17(25-27(18)10-9-26(20)21)16-7-6-14(2)15(3)11-16/h6-7,9-12H,4-5,8,13H2,1-3H3,(H,22,28). The van der Waals surface area contributed by atoms with Gasteiger partial charge < -0.3 is 5.32 Å². The van der Waals surface area contributed by atoms with E-state index in [0.717, 1.165) is 35.3 Å². The minimum Gasteiger partial charge on any atom is -0.355 e. The van der Waals surface area contributed by atoms with E-state index < -0.39 is 0 Å². The zero-order chi connectivity index (χ0) is 20.4. The van der Waals surface area contributed by atoms with Gasteiger partial charge in [0.15, 0.2) is 10.8 Å². The summed E-state index contributed by atoms with van der Waals surface area (Å²) in [5.74, 6) is 0.339. The lowest BCUT2D eigenvalue weighted by molar-refractivity contribution is -0.118. The van der Waals surface area contributed by atoms with Crippen LogP contribution in [0.15, 0.2) is 41.8 Å². The van der Waals surface area contributed by atoms with Crippen molar-refractivity contribution in [3.8, 4) is 11.3 Å². The Morgan fingerprint density at radius 3 is 2.79 bits per heavy atom. The SMILES string of the molecule is CCCCNC(=O)CSc1nnc2c3cc(-c4ccc(C)c(C)c4)nn3ccn12. The molecule has 1 N–H and O–H groups in total. The molecule has 0 fully saturated rings. The maximum absolute atomic E-state index is 12.0. The highest BCUT2D eigenvalue weighted by atomic mass is 32.2. The summed E-state index contributed by atoms with van der Waals surface area (Å²) in [5.41, 5.74) is 6.08. The molecule has 0 radical (unpaired) electrons. The van der Waals surface area contributed by atoms with Crippen LogP contribution >= 0.6 is 11.8 Å². The summed E-state index contributed by atoms with van der Waals surface area (Å²) >= 11 is 1.39. The highest BCUT2D eigenvalue weighted by molar-refractivity contribution is 7.99. The van der Waals surface area contributed by atoms with E-state index in [4.69, 9.17) is 5.10 Å². The van der Waals surface area contributed by atoms with E-state index in [2.05, 4.69) is 54.5 Å². The van der Waals surface area contributed by atoms with Crippen LogP contribution in [-0.2, 0) is 4.79 Å². The van der Waals surface area contributed by atoms with Crippen LogP contribution in [0.2, 0.25) is 0 Å². The van der Waals surface area contributed by atoms with Gasteiger partial charge in [-0.2, -0.15) is 5.10 Å². The molecule has 0 saturated heterocycles. The van der Waals surface area contributed by atoms with E-state index in [9.17, 15) is 4.79 Å². The van der Waals surface area contributed by atoms with Crippen LogP contribution in [0.1, 0.15) is 30.9 Å². The first-order valence-electron chi connectivity index (χ1n) is 9.77. The number of nitrogens with zero attached hydrogens (tertiary/aromatic N) is 5. The highest BCUT2D eigenvalue weighted by Gasteiger charge is 2.14. The van der Waals surface area contributed by atoms with E-state index in [1.807, 2.05) is 27.4 Å². The molecule has 0 atom stereocenters. The summed E-state index contributed by atoms with van der Waals surface area (Å²) in [5, 5.41) is 16.9. The number of fused-ring (bicyclic) bond motifs is 3. The van der Waals surface area contributed by atoms with Crippen LogP contribution < -0.4 is 5.32 Å². The van der Waals surface area contributed by atoms with Gasteiger partial charge >= 0.3 is 0 Å². The summed E-state index contributed by atoms with van der Waals surface area (Å²) in [4.78, 5) is 12.0. The van der Waals surface area contributed by atoms with Gasteiger partial charge in [-0.3, -0.25) is 9.20 Å². The zero-order valence-corrected chi connectivity index (χ0v) is 17.7. The van der Waals surface area contributed by atoms with Crippen molar-refractivity contribution < 1.29 is 4.79 Å². The second-order valence-corrected chi connectivity index (χ2v) is 8.07. The van der Waals surface area contributed by atoms with Crippen molar-refractivity contribution in [1.82, 2.24) is 29.5 Å². The van der Waals surface area contributed by atoms with Gasteiger partial charge in [-0.25, -0.2) is 4.52 Å². The summed E-state index contributed by atoms with van der Waals surface area (Å²) in [7, 11) is 0. The van der Waals surface area contributed by atoms with E-state index >= 15 is 0 Å². The summed E-state index contributed by atoms with van der Waals surface area (Å²) in [6.45, 7) is 7.03. The molecule has 29 heavy (non-hydrogen) atoms. The largest absolute Gasteiger partial charge is 0.355 e. The van der Waals surface area contributed by atoms with E-state index in [0.29, 0.717) is 17.5 Å². The van der Waals surface area contributed by atoms with Crippen molar-refractivity contribution in [3.05, 3.63) is 47.8 Å². The van der Waals surface area contributed by atoms with Crippen molar-refractivity contribution in [2.24, 2.45) is 0 Å². The molecule has 0 bridgehead atoms. The maximum atomic E-state index is 12.0. The number of carbonyl (C=O) groups excluding carboxylic acids is 1. The number of hydrogen-bond donors (Lipinski definition) is 1. The molecule has 0 unspecified atom stereocenters.